The van der Waals surface area contributed by atoms with E-state index in [9.17, 15) is 14.9 Å². The van der Waals surface area contributed by atoms with Crippen LogP contribution in [0.5, 0.6) is 0 Å². The molecule has 0 saturated carbocycles. The molecule has 4 rings (SSSR count). The van der Waals surface area contributed by atoms with Crippen molar-refractivity contribution in [2.24, 2.45) is 0 Å². The number of nitrogens with zero attached hydrogens (tertiary/aromatic N) is 2. The summed E-state index contributed by atoms with van der Waals surface area (Å²) in [6, 6.07) is 27.5. The fourth-order valence-corrected chi connectivity index (χ4v) is 4.74. The van der Waals surface area contributed by atoms with Gasteiger partial charge in [-0.1, -0.05) is 84.0 Å². The molecule has 0 atom stereocenters. The van der Waals surface area contributed by atoms with Gasteiger partial charge in [0.15, 0.2) is 0 Å². The third kappa shape index (κ3) is 6.56. The number of rotatable bonds is 8. The Balaban J connectivity index is 1.66. The van der Waals surface area contributed by atoms with Gasteiger partial charge in [0.1, 0.15) is 17.7 Å². The van der Waals surface area contributed by atoms with E-state index in [1.165, 1.54) is 0 Å². The number of thioether (sulfide) groups is 1. The maximum absolute atomic E-state index is 13.4. The summed E-state index contributed by atoms with van der Waals surface area (Å²) in [7, 11) is 0. The molecule has 6 nitrogen and oxygen atoms in total. The van der Waals surface area contributed by atoms with E-state index in [1.54, 1.807) is 43.3 Å². The quantitative estimate of drug-likeness (QED) is 0.203. The van der Waals surface area contributed by atoms with E-state index in [1.807, 2.05) is 48.5 Å². The van der Waals surface area contributed by atoms with Crippen molar-refractivity contribution in [2.75, 3.05) is 11.1 Å². The molecular formula is C29H22ClN3O3S. The molecule has 4 aromatic rings. The molecule has 0 unspecified atom stereocenters. The second-order valence-corrected chi connectivity index (χ2v) is 9.41. The number of aromatic nitrogens is 1. The first-order valence-corrected chi connectivity index (χ1v) is 12.7. The lowest BCUT2D eigenvalue weighted by atomic mass is 9.94. The molecule has 1 aromatic heterocycles. The predicted molar refractivity (Wildman–Crippen MR) is 145 cm³/mol. The SMILES string of the molecule is Cc1nc(SCC(=O)OCc2ccccc2)c(C#N)c(-c2cccc(Cl)c2)c1C(=O)Nc1ccccc1. The average Bonchev–Trinajstić information content (AvgIpc) is 2.91. The van der Waals surface area contributed by atoms with Crippen molar-refractivity contribution in [1.29, 1.82) is 5.26 Å². The molecular weight excluding hydrogens is 506 g/mol. The minimum atomic E-state index is -0.438. The zero-order valence-electron chi connectivity index (χ0n) is 19.9. The van der Waals surface area contributed by atoms with Crippen LogP contribution in [0.3, 0.4) is 0 Å². The van der Waals surface area contributed by atoms with Crippen LogP contribution in [0.1, 0.15) is 27.2 Å². The fourth-order valence-electron chi connectivity index (χ4n) is 3.72. The zero-order valence-corrected chi connectivity index (χ0v) is 21.5. The first kappa shape index (κ1) is 26.0. The number of nitrogens with one attached hydrogen (secondary N) is 1. The molecule has 0 aliphatic heterocycles. The number of nitriles is 1. The number of ether oxygens (including phenoxy) is 1. The van der Waals surface area contributed by atoms with Crippen molar-refractivity contribution < 1.29 is 14.3 Å². The number of amides is 1. The van der Waals surface area contributed by atoms with Crippen LogP contribution in [0, 0.1) is 18.3 Å². The van der Waals surface area contributed by atoms with E-state index in [4.69, 9.17) is 16.3 Å². The van der Waals surface area contributed by atoms with E-state index >= 15 is 0 Å². The van der Waals surface area contributed by atoms with Gasteiger partial charge >= 0.3 is 5.97 Å². The minimum absolute atomic E-state index is 0.0432. The first-order valence-electron chi connectivity index (χ1n) is 11.4. The molecule has 3 aromatic carbocycles. The van der Waals surface area contributed by atoms with Gasteiger partial charge in [-0.2, -0.15) is 5.26 Å². The largest absolute Gasteiger partial charge is 0.460 e. The standard InChI is InChI=1S/C29H22ClN3O3S/c1-19-26(28(35)33-23-13-6-3-7-14-23)27(21-11-8-12-22(30)15-21)24(16-31)29(32-19)37-18-25(34)36-17-20-9-4-2-5-10-20/h2-15H,17-18H2,1H3,(H,33,35). The normalized spacial score (nSPS) is 10.4. The first-order chi connectivity index (χ1) is 18.0. The number of hydrogen-bond acceptors (Lipinski definition) is 6. The molecule has 8 heteroatoms. The Hall–Kier alpha value is -4.12. The number of pyridine rings is 1. The minimum Gasteiger partial charge on any atom is -0.460 e. The molecule has 1 heterocycles. The molecule has 0 spiro atoms. The van der Waals surface area contributed by atoms with E-state index in [0.29, 0.717) is 32.6 Å². The molecule has 0 aliphatic rings. The summed E-state index contributed by atoms with van der Waals surface area (Å²) in [5.41, 5.74) is 3.37. The van der Waals surface area contributed by atoms with Crippen molar-refractivity contribution in [1.82, 2.24) is 4.98 Å². The highest BCUT2D eigenvalue weighted by atomic mass is 35.5. The average molecular weight is 528 g/mol. The Morgan fingerprint density at radius 3 is 2.41 bits per heavy atom. The summed E-state index contributed by atoms with van der Waals surface area (Å²) in [4.78, 5) is 30.4. The summed E-state index contributed by atoms with van der Waals surface area (Å²) in [5, 5.41) is 13.8. The Bertz CT molecular complexity index is 1470. The second kappa shape index (κ2) is 12.2. The molecule has 1 amide bonds. The monoisotopic (exact) mass is 527 g/mol. The highest BCUT2D eigenvalue weighted by molar-refractivity contribution is 7.99. The molecule has 0 radical (unpaired) electrons. The maximum Gasteiger partial charge on any atom is 0.316 e. The summed E-state index contributed by atoms with van der Waals surface area (Å²) in [6.07, 6.45) is 0. The third-order valence-corrected chi connectivity index (χ3v) is 6.58. The lowest BCUT2D eigenvalue weighted by molar-refractivity contribution is -0.141. The van der Waals surface area contributed by atoms with Crippen LogP contribution >= 0.6 is 23.4 Å². The molecule has 0 fully saturated rings. The van der Waals surface area contributed by atoms with Gasteiger partial charge in [-0.05, 0) is 42.3 Å². The topological polar surface area (TPSA) is 92.1 Å². The fraction of sp³-hybridized carbons (Fsp3) is 0.103. The maximum atomic E-state index is 13.4. The van der Waals surface area contributed by atoms with Crippen molar-refractivity contribution >= 4 is 40.9 Å². The van der Waals surface area contributed by atoms with Gasteiger partial charge in [0.05, 0.1) is 22.6 Å². The summed E-state index contributed by atoms with van der Waals surface area (Å²) in [6.45, 7) is 1.86. The van der Waals surface area contributed by atoms with Crippen LogP contribution in [-0.2, 0) is 16.1 Å². The number of anilines is 1. The van der Waals surface area contributed by atoms with Crippen LogP contribution < -0.4 is 5.32 Å². The number of para-hydroxylation sites is 1. The molecule has 0 bridgehead atoms. The molecule has 1 N–H and O–H groups in total. The van der Waals surface area contributed by atoms with Crippen LogP contribution in [0.15, 0.2) is 90.0 Å². The van der Waals surface area contributed by atoms with E-state index in [2.05, 4.69) is 16.4 Å². The van der Waals surface area contributed by atoms with Gasteiger partial charge in [-0.15, -0.1) is 0 Å². The third-order valence-electron chi connectivity index (χ3n) is 5.40. The number of hydrogen-bond donors (Lipinski definition) is 1. The Kier molecular flexibility index (Phi) is 8.57. The molecule has 184 valence electrons. The molecule has 0 saturated heterocycles. The van der Waals surface area contributed by atoms with E-state index < -0.39 is 11.9 Å². The van der Waals surface area contributed by atoms with E-state index in [0.717, 1.165) is 17.3 Å². The van der Waals surface area contributed by atoms with Gasteiger partial charge in [0.25, 0.3) is 5.91 Å². The van der Waals surface area contributed by atoms with Gasteiger partial charge in [-0.3, -0.25) is 9.59 Å². The van der Waals surface area contributed by atoms with Crippen molar-refractivity contribution in [3.63, 3.8) is 0 Å². The van der Waals surface area contributed by atoms with Crippen molar-refractivity contribution in [2.45, 2.75) is 18.6 Å². The number of benzene rings is 3. The van der Waals surface area contributed by atoms with Crippen LogP contribution in [-0.4, -0.2) is 22.6 Å². The summed E-state index contributed by atoms with van der Waals surface area (Å²) >= 11 is 7.35. The Morgan fingerprint density at radius 2 is 1.73 bits per heavy atom. The predicted octanol–water partition coefficient (Wildman–Crippen LogP) is 6.67. The smallest absolute Gasteiger partial charge is 0.316 e. The van der Waals surface area contributed by atoms with Crippen LogP contribution in [0.25, 0.3) is 11.1 Å². The second-order valence-electron chi connectivity index (χ2n) is 8.00. The van der Waals surface area contributed by atoms with Crippen molar-refractivity contribution in [3.8, 4) is 17.2 Å². The van der Waals surface area contributed by atoms with Crippen LogP contribution in [0.2, 0.25) is 5.02 Å². The zero-order chi connectivity index (χ0) is 26.2. The number of carbonyl (C=O) groups excluding carboxylic acids is 2. The van der Waals surface area contributed by atoms with Gasteiger partial charge in [0, 0.05) is 16.3 Å². The number of carbonyl (C=O) groups is 2. The summed E-state index contributed by atoms with van der Waals surface area (Å²) < 4.78 is 5.36. The van der Waals surface area contributed by atoms with Crippen LogP contribution in [0.4, 0.5) is 5.69 Å². The van der Waals surface area contributed by atoms with E-state index in [-0.39, 0.29) is 23.5 Å². The molecule has 0 aliphatic carbocycles. The highest BCUT2D eigenvalue weighted by Crippen LogP contribution is 2.36. The van der Waals surface area contributed by atoms with Gasteiger partial charge in [-0.25, -0.2) is 4.98 Å². The Morgan fingerprint density at radius 1 is 1.03 bits per heavy atom. The number of halogens is 1. The summed E-state index contributed by atoms with van der Waals surface area (Å²) in [5.74, 6) is -0.882. The highest BCUT2D eigenvalue weighted by Gasteiger charge is 2.25. The number of esters is 1. The lowest BCUT2D eigenvalue weighted by Crippen LogP contribution is -2.17. The van der Waals surface area contributed by atoms with Crippen molar-refractivity contribution in [3.05, 3.63) is 112 Å². The Labute approximate surface area is 224 Å². The molecule has 37 heavy (non-hydrogen) atoms. The lowest BCUT2D eigenvalue weighted by Gasteiger charge is -2.17. The number of aryl methyl sites for hydroxylation is 1. The van der Waals surface area contributed by atoms with Gasteiger partial charge < -0.3 is 10.1 Å². The van der Waals surface area contributed by atoms with Gasteiger partial charge in [0.2, 0.25) is 0 Å².